The van der Waals surface area contributed by atoms with Gasteiger partial charge in [0, 0.05) is 18.5 Å². The standard InChI is InChI=1S/C22H20N4O3/c1-26-21(22(28)23-13-16-8-5-9-20(27)24-16)18-12-17(10-11-19(18)25-26)29-14-15-6-3-2-4-7-15/h2-12H,13-14H2,1H3,(H,23,28)(H,24,27). The third-order valence-corrected chi connectivity index (χ3v) is 4.49. The first-order valence-electron chi connectivity index (χ1n) is 9.17. The minimum absolute atomic E-state index is 0.0806. The van der Waals surface area contributed by atoms with Crippen molar-refractivity contribution in [3.8, 4) is 11.6 Å². The van der Waals surface area contributed by atoms with E-state index in [1.54, 1.807) is 23.9 Å². The van der Waals surface area contributed by atoms with E-state index in [4.69, 9.17) is 4.74 Å². The van der Waals surface area contributed by atoms with Crippen molar-refractivity contribution in [2.24, 2.45) is 7.05 Å². The van der Waals surface area contributed by atoms with Gasteiger partial charge in [0.15, 0.2) is 0 Å². The molecule has 0 bridgehead atoms. The summed E-state index contributed by atoms with van der Waals surface area (Å²) in [5.74, 6) is 0.307. The molecule has 0 saturated carbocycles. The summed E-state index contributed by atoms with van der Waals surface area (Å²) in [6.45, 7) is 0.640. The zero-order valence-electron chi connectivity index (χ0n) is 15.9. The smallest absolute Gasteiger partial charge is 0.270 e. The van der Waals surface area contributed by atoms with E-state index in [-0.39, 0.29) is 18.3 Å². The Morgan fingerprint density at radius 2 is 1.93 bits per heavy atom. The summed E-state index contributed by atoms with van der Waals surface area (Å²) in [6, 6.07) is 20.3. The number of hydrogen-bond acceptors (Lipinski definition) is 5. The molecule has 0 saturated heterocycles. The van der Waals surface area contributed by atoms with Crippen molar-refractivity contribution in [2.75, 3.05) is 0 Å². The number of benzene rings is 2. The van der Waals surface area contributed by atoms with Gasteiger partial charge >= 0.3 is 0 Å². The van der Waals surface area contributed by atoms with Crippen molar-refractivity contribution < 1.29 is 14.6 Å². The maximum Gasteiger partial charge on any atom is 0.270 e. The molecule has 2 N–H and O–H groups in total. The van der Waals surface area contributed by atoms with Crippen LogP contribution in [0.2, 0.25) is 0 Å². The average Bonchev–Trinajstić information content (AvgIpc) is 3.06. The van der Waals surface area contributed by atoms with E-state index in [0.717, 1.165) is 5.56 Å². The molecular weight excluding hydrogens is 368 g/mol. The summed E-state index contributed by atoms with van der Waals surface area (Å²) in [4.78, 5) is 16.8. The maximum absolute atomic E-state index is 12.8. The molecule has 29 heavy (non-hydrogen) atoms. The van der Waals surface area contributed by atoms with E-state index in [0.29, 0.717) is 34.6 Å². The highest BCUT2D eigenvalue weighted by Crippen LogP contribution is 2.24. The Morgan fingerprint density at radius 1 is 1.10 bits per heavy atom. The van der Waals surface area contributed by atoms with Crippen LogP contribution in [0, 0.1) is 0 Å². The van der Waals surface area contributed by atoms with Gasteiger partial charge < -0.3 is 15.2 Å². The Labute approximate surface area is 167 Å². The number of carbonyl (C=O) groups is 1. The monoisotopic (exact) mass is 388 g/mol. The molecule has 0 radical (unpaired) electrons. The van der Waals surface area contributed by atoms with Crippen LogP contribution in [0.4, 0.5) is 0 Å². The van der Waals surface area contributed by atoms with Gasteiger partial charge in [0.05, 0.1) is 17.8 Å². The topological polar surface area (TPSA) is 89.3 Å². The number of rotatable bonds is 6. The van der Waals surface area contributed by atoms with Crippen LogP contribution in [0.15, 0.2) is 66.7 Å². The Kier molecular flexibility index (Phi) is 5.11. The van der Waals surface area contributed by atoms with E-state index < -0.39 is 0 Å². The number of nitrogens with one attached hydrogen (secondary N) is 1. The summed E-state index contributed by atoms with van der Waals surface area (Å²) < 4.78 is 7.43. The van der Waals surface area contributed by atoms with Crippen LogP contribution in [-0.4, -0.2) is 25.8 Å². The molecule has 0 aliphatic rings. The molecule has 2 aromatic carbocycles. The number of aromatic nitrogens is 3. The Hall–Kier alpha value is -3.87. The SMILES string of the molecule is Cn1nc2ccc(OCc3ccccc3)cc2c1C(=O)NCc1cccc(O)n1. The van der Waals surface area contributed by atoms with Crippen LogP contribution in [-0.2, 0) is 20.2 Å². The normalized spacial score (nSPS) is 10.8. The van der Waals surface area contributed by atoms with Gasteiger partial charge in [0.25, 0.3) is 5.91 Å². The highest BCUT2D eigenvalue weighted by molar-refractivity contribution is 6.05. The molecule has 2 heterocycles. The van der Waals surface area contributed by atoms with E-state index in [1.807, 2.05) is 48.5 Å². The number of fused-ring (bicyclic) bond motifs is 1. The van der Waals surface area contributed by atoms with Crippen LogP contribution in [0.25, 0.3) is 10.9 Å². The van der Waals surface area contributed by atoms with E-state index in [1.165, 1.54) is 6.07 Å². The highest BCUT2D eigenvalue weighted by Gasteiger charge is 2.17. The van der Waals surface area contributed by atoms with Crippen LogP contribution in [0.3, 0.4) is 0 Å². The van der Waals surface area contributed by atoms with Crippen molar-refractivity contribution in [1.82, 2.24) is 20.1 Å². The third-order valence-electron chi connectivity index (χ3n) is 4.49. The second kappa shape index (κ2) is 8.02. The van der Waals surface area contributed by atoms with E-state index in [2.05, 4.69) is 15.4 Å². The molecule has 0 unspecified atom stereocenters. The average molecular weight is 388 g/mol. The number of hydrogen-bond donors (Lipinski definition) is 2. The second-order valence-electron chi connectivity index (χ2n) is 6.60. The van der Waals surface area contributed by atoms with Crippen LogP contribution < -0.4 is 10.1 Å². The Bertz CT molecular complexity index is 1160. The van der Waals surface area contributed by atoms with Gasteiger partial charge in [-0.3, -0.25) is 9.48 Å². The fraction of sp³-hybridized carbons (Fsp3) is 0.136. The number of carbonyl (C=O) groups excluding carboxylic acids is 1. The van der Waals surface area contributed by atoms with Gasteiger partial charge in [-0.15, -0.1) is 0 Å². The number of pyridine rings is 1. The van der Waals surface area contributed by atoms with Crippen molar-refractivity contribution in [3.05, 3.63) is 83.7 Å². The first-order valence-corrected chi connectivity index (χ1v) is 9.17. The molecule has 7 heteroatoms. The lowest BCUT2D eigenvalue weighted by Crippen LogP contribution is -2.25. The molecule has 0 atom stereocenters. The molecule has 0 aliphatic carbocycles. The van der Waals surface area contributed by atoms with E-state index in [9.17, 15) is 9.90 Å². The van der Waals surface area contributed by atoms with E-state index >= 15 is 0 Å². The minimum atomic E-state index is -0.277. The molecule has 0 spiro atoms. The first-order chi connectivity index (χ1) is 14.1. The summed E-state index contributed by atoms with van der Waals surface area (Å²) in [5.41, 5.74) is 2.78. The van der Waals surface area contributed by atoms with Crippen LogP contribution >= 0.6 is 0 Å². The lowest BCUT2D eigenvalue weighted by Gasteiger charge is -2.08. The minimum Gasteiger partial charge on any atom is -0.493 e. The third kappa shape index (κ3) is 4.19. The number of aromatic hydroxyl groups is 1. The quantitative estimate of drug-likeness (QED) is 0.530. The van der Waals surface area contributed by atoms with Gasteiger partial charge in [-0.1, -0.05) is 36.4 Å². The van der Waals surface area contributed by atoms with Gasteiger partial charge in [0.1, 0.15) is 18.1 Å². The molecule has 7 nitrogen and oxygen atoms in total. The molecule has 2 aromatic heterocycles. The Morgan fingerprint density at radius 3 is 2.72 bits per heavy atom. The predicted octanol–water partition coefficient (Wildman–Crippen LogP) is 3.18. The van der Waals surface area contributed by atoms with Crippen molar-refractivity contribution in [1.29, 1.82) is 0 Å². The fourth-order valence-corrected chi connectivity index (χ4v) is 3.10. The molecule has 146 valence electrons. The molecule has 4 aromatic rings. The van der Waals surface area contributed by atoms with Gasteiger partial charge in [0.2, 0.25) is 5.88 Å². The Balaban J connectivity index is 1.53. The van der Waals surface area contributed by atoms with Crippen LogP contribution in [0.5, 0.6) is 11.6 Å². The molecule has 4 rings (SSSR count). The number of amides is 1. The molecule has 0 aliphatic heterocycles. The van der Waals surface area contributed by atoms with Crippen molar-refractivity contribution in [3.63, 3.8) is 0 Å². The summed E-state index contributed by atoms with van der Waals surface area (Å²) >= 11 is 0. The predicted molar refractivity (Wildman–Crippen MR) is 109 cm³/mol. The lowest BCUT2D eigenvalue weighted by atomic mass is 10.2. The van der Waals surface area contributed by atoms with Gasteiger partial charge in [-0.25, -0.2) is 4.98 Å². The number of ether oxygens (including phenoxy) is 1. The molecule has 1 amide bonds. The summed E-state index contributed by atoms with van der Waals surface area (Å²) in [5, 5.41) is 17.4. The fourth-order valence-electron chi connectivity index (χ4n) is 3.10. The highest BCUT2D eigenvalue weighted by atomic mass is 16.5. The summed E-state index contributed by atoms with van der Waals surface area (Å²) in [7, 11) is 1.73. The van der Waals surface area contributed by atoms with Crippen molar-refractivity contribution in [2.45, 2.75) is 13.2 Å². The van der Waals surface area contributed by atoms with Crippen LogP contribution in [0.1, 0.15) is 21.7 Å². The largest absolute Gasteiger partial charge is 0.493 e. The van der Waals surface area contributed by atoms with Gasteiger partial charge in [-0.05, 0) is 29.8 Å². The van der Waals surface area contributed by atoms with Crippen molar-refractivity contribution >= 4 is 16.8 Å². The molecular formula is C22H20N4O3. The maximum atomic E-state index is 12.8. The number of aryl methyl sites for hydroxylation is 1. The first kappa shape index (κ1) is 18.5. The zero-order valence-corrected chi connectivity index (χ0v) is 15.9. The molecule has 0 fully saturated rings. The number of nitrogens with zero attached hydrogens (tertiary/aromatic N) is 3. The lowest BCUT2D eigenvalue weighted by molar-refractivity contribution is 0.0942. The second-order valence-corrected chi connectivity index (χ2v) is 6.60. The van der Waals surface area contributed by atoms with Gasteiger partial charge in [-0.2, -0.15) is 5.10 Å². The summed E-state index contributed by atoms with van der Waals surface area (Å²) in [6.07, 6.45) is 0. The zero-order chi connectivity index (χ0) is 20.2.